The van der Waals surface area contributed by atoms with Crippen LogP contribution in [0.1, 0.15) is 51.0 Å². The third-order valence-electron chi connectivity index (χ3n) is 5.38. The van der Waals surface area contributed by atoms with Crippen LogP contribution in [0, 0.1) is 11.8 Å². The zero-order valence-electron chi connectivity index (χ0n) is 16.6. The second kappa shape index (κ2) is 12.2. The molecule has 1 fully saturated rings. The number of aliphatic hydroxyl groups excluding tert-OH is 3. The summed E-state index contributed by atoms with van der Waals surface area (Å²) in [5.41, 5.74) is 0.929. The number of ketones is 1. The lowest BCUT2D eigenvalue weighted by atomic mass is 9.89. The first kappa shape index (κ1) is 24.6. The van der Waals surface area contributed by atoms with Gasteiger partial charge in [-0.1, -0.05) is 47.5 Å². The maximum Gasteiger partial charge on any atom is 0.129 e. The molecule has 1 aromatic heterocycles. The number of carbonyl (C=O) groups excluding carboxylic acids is 1. The molecule has 0 amide bonds. The normalized spacial score (nSPS) is 26.0. The smallest absolute Gasteiger partial charge is 0.129 e. The van der Waals surface area contributed by atoms with Gasteiger partial charge >= 0.3 is 0 Å². The van der Waals surface area contributed by atoms with Crippen molar-refractivity contribution in [3.05, 3.63) is 44.6 Å². The molecule has 0 radical (unpaired) electrons. The number of carbonyl (C=O) groups is 1. The number of halogens is 2. The molecule has 1 aromatic rings. The fourth-order valence-corrected chi connectivity index (χ4v) is 5.29. The van der Waals surface area contributed by atoms with Crippen LogP contribution in [0.3, 0.4) is 0 Å². The molecule has 1 saturated carbocycles. The molecule has 0 unspecified atom stereocenters. The van der Waals surface area contributed by atoms with Gasteiger partial charge in [-0.15, -0.1) is 11.3 Å². The molecule has 0 bridgehead atoms. The summed E-state index contributed by atoms with van der Waals surface area (Å²) in [7, 11) is 0. The molecule has 1 aliphatic carbocycles. The molecule has 1 heterocycles. The van der Waals surface area contributed by atoms with Crippen LogP contribution >= 0.6 is 34.5 Å². The second-order valence-electron chi connectivity index (χ2n) is 7.75. The van der Waals surface area contributed by atoms with Gasteiger partial charge in [0.1, 0.15) is 5.78 Å². The summed E-state index contributed by atoms with van der Waals surface area (Å²) in [6.07, 6.45) is 10.1. The predicted octanol–water partition coefficient (Wildman–Crippen LogP) is 4.97. The number of aryl methyl sites for hydroxylation is 1. The highest BCUT2D eigenvalue weighted by atomic mass is 35.5. The molecule has 162 valence electrons. The Balaban J connectivity index is 1.84. The topological polar surface area (TPSA) is 77.8 Å². The minimum Gasteiger partial charge on any atom is -0.393 e. The lowest BCUT2D eigenvalue weighted by Gasteiger charge is -2.19. The lowest BCUT2D eigenvalue weighted by Crippen LogP contribution is -2.20. The van der Waals surface area contributed by atoms with E-state index in [2.05, 4.69) is 0 Å². The average molecular weight is 461 g/mol. The van der Waals surface area contributed by atoms with Gasteiger partial charge in [-0.2, -0.15) is 0 Å². The molecule has 1 aliphatic rings. The Bertz CT molecular complexity index is 716. The number of hydrogen-bond donors (Lipinski definition) is 3. The van der Waals surface area contributed by atoms with E-state index in [1.54, 1.807) is 13.0 Å². The molecule has 5 atom stereocenters. The molecule has 4 nitrogen and oxygen atoms in total. The number of aliphatic hydroxyl groups is 3. The quantitative estimate of drug-likeness (QED) is 0.321. The van der Waals surface area contributed by atoms with E-state index in [9.17, 15) is 20.1 Å². The fraction of sp³-hybridized carbons (Fsp3) is 0.591. The van der Waals surface area contributed by atoms with Gasteiger partial charge < -0.3 is 20.1 Å². The lowest BCUT2D eigenvalue weighted by molar-refractivity contribution is -0.117. The molecule has 29 heavy (non-hydrogen) atoms. The van der Waals surface area contributed by atoms with Crippen LogP contribution in [-0.4, -0.2) is 39.4 Å². The van der Waals surface area contributed by atoms with Crippen LogP contribution < -0.4 is 0 Å². The van der Waals surface area contributed by atoms with Crippen LogP contribution in [0.15, 0.2) is 30.4 Å². The SMILES string of the molecule is CC(=O)CCC/C=C\C[C@@H]1[C@@H](/C=C/[C@@H](O)CCc2cc(Cl)sc2Cl)[C@H](O)C[C@@H]1O. The molecule has 0 aromatic carbocycles. The van der Waals surface area contributed by atoms with Crippen molar-refractivity contribution in [2.45, 2.75) is 70.2 Å². The van der Waals surface area contributed by atoms with Crippen LogP contribution in [0.25, 0.3) is 0 Å². The predicted molar refractivity (Wildman–Crippen MR) is 120 cm³/mol. The number of hydrogen-bond acceptors (Lipinski definition) is 5. The standard InChI is InChI=1S/C22H30Cl2O4S/c1-14(25)6-4-2-3-5-7-17-18(20(28)13-19(17)27)11-10-16(26)9-8-15-12-21(23)29-22(15)24/h3,5,10-12,16-20,26-28H,2,4,6-9,13H2,1H3/b5-3-,11-10+/t16-,17+,18+,19-,20+/m0/s1. The number of allylic oxidation sites excluding steroid dienone is 2. The van der Waals surface area contributed by atoms with E-state index < -0.39 is 18.3 Å². The minimum absolute atomic E-state index is 0.0809. The highest BCUT2D eigenvalue weighted by Crippen LogP contribution is 2.36. The Morgan fingerprint density at radius 3 is 2.72 bits per heavy atom. The van der Waals surface area contributed by atoms with Gasteiger partial charge in [0.25, 0.3) is 0 Å². The summed E-state index contributed by atoms with van der Waals surface area (Å²) in [6.45, 7) is 1.59. The Kier molecular flexibility index (Phi) is 10.4. The zero-order valence-corrected chi connectivity index (χ0v) is 19.0. The Morgan fingerprint density at radius 2 is 2.07 bits per heavy atom. The van der Waals surface area contributed by atoms with Crippen LogP contribution in [0.4, 0.5) is 0 Å². The van der Waals surface area contributed by atoms with Gasteiger partial charge in [0.05, 0.1) is 27.0 Å². The highest BCUT2D eigenvalue weighted by Gasteiger charge is 2.39. The van der Waals surface area contributed by atoms with Gasteiger partial charge in [-0.25, -0.2) is 0 Å². The number of rotatable bonds is 11. The van der Waals surface area contributed by atoms with Gasteiger partial charge in [-0.05, 0) is 56.6 Å². The second-order valence-corrected chi connectivity index (χ2v) is 10.0. The molecule has 0 aliphatic heterocycles. The van der Waals surface area contributed by atoms with E-state index in [1.807, 2.05) is 24.3 Å². The molecule has 3 N–H and O–H groups in total. The summed E-state index contributed by atoms with van der Waals surface area (Å²) in [4.78, 5) is 11.0. The maximum absolute atomic E-state index is 11.0. The zero-order chi connectivity index (χ0) is 21.4. The highest BCUT2D eigenvalue weighted by molar-refractivity contribution is 7.20. The molecule has 7 heteroatoms. The van der Waals surface area contributed by atoms with Crippen molar-refractivity contribution >= 4 is 40.3 Å². The van der Waals surface area contributed by atoms with Crippen LogP contribution in [0.2, 0.25) is 8.67 Å². The average Bonchev–Trinajstić information content (AvgIpc) is 3.11. The Hall–Kier alpha value is -0.690. The minimum atomic E-state index is -0.655. The number of thiophene rings is 1. The Labute approximate surface area is 186 Å². The summed E-state index contributed by atoms with van der Waals surface area (Å²) in [5.74, 6) is -0.0794. The van der Waals surface area contributed by atoms with E-state index in [0.29, 0.717) is 40.8 Å². The largest absolute Gasteiger partial charge is 0.393 e. The van der Waals surface area contributed by atoms with E-state index >= 15 is 0 Å². The van der Waals surface area contributed by atoms with Crippen molar-refractivity contribution < 1.29 is 20.1 Å². The maximum atomic E-state index is 11.0. The van der Waals surface area contributed by atoms with E-state index in [-0.39, 0.29) is 17.6 Å². The molecule has 2 rings (SSSR count). The summed E-state index contributed by atoms with van der Waals surface area (Å²) < 4.78 is 1.28. The third-order valence-corrected chi connectivity index (χ3v) is 6.95. The first-order valence-corrected chi connectivity index (χ1v) is 11.7. The van der Waals surface area contributed by atoms with Gasteiger partial charge in [0, 0.05) is 18.8 Å². The molecular formula is C22H30Cl2O4S. The van der Waals surface area contributed by atoms with E-state index in [0.717, 1.165) is 18.4 Å². The Morgan fingerprint density at radius 1 is 1.31 bits per heavy atom. The van der Waals surface area contributed by atoms with Crippen molar-refractivity contribution in [2.75, 3.05) is 0 Å². The third kappa shape index (κ3) is 8.16. The first-order valence-electron chi connectivity index (χ1n) is 10.1. The van der Waals surface area contributed by atoms with Crippen molar-refractivity contribution in [3.63, 3.8) is 0 Å². The summed E-state index contributed by atoms with van der Waals surface area (Å²) >= 11 is 13.4. The van der Waals surface area contributed by atoms with Crippen LogP contribution in [0.5, 0.6) is 0 Å². The van der Waals surface area contributed by atoms with Crippen molar-refractivity contribution in [3.8, 4) is 0 Å². The van der Waals surface area contributed by atoms with Gasteiger partial charge in [0.2, 0.25) is 0 Å². The summed E-state index contributed by atoms with van der Waals surface area (Å²) in [6, 6.07) is 1.82. The van der Waals surface area contributed by atoms with Crippen molar-refractivity contribution in [1.29, 1.82) is 0 Å². The fourth-order valence-electron chi connectivity index (χ4n) is 3.75. The van der Waals surface area contributed by atoms with Gasteiger partial charge in [0.15, 0.2) is 0 Å². The first-order chi connectivity index (χ1) is 13.8. The number of unbranched alkanes of at least 4 members (excludes halogenated alkanes) is 1. The summed E-state index contributed by atoms with van der Waals surface area (Å²) in [5, 5.41) is 30.9. The molecule has 0 saturated heterocycles. The van der Waals surface area contributed by atoms with Crippen LogP contribution in [-0.2, 0) is 11.2 Å². The van der Waals surface area contributed by atoms with E-state index in [4.69, 9.17) is 23.2 Å². The van der Waals surface area contributed by atoms with E-state index in [1.165, 1.54) is 11.3 Å². The monoisotopic (exact) mass is 460 g/mol. The molecule has 0 spiro atoms. The number of Topliss-reactive ketones (excluding diaryl/α,β-unsaturated/α-hetero) is 1. The van der Waals surface area contributed by atoms with Crippen molar-refractivity contribution in [1.82, 2.24) is 0 Å². The molecular weight excluding hydrogens is 431 g/mol. The van der Waals surface area contributed by atoms with Gasteiger partial charge in [-0.3, -0.25) is 0 Å². The van der Waals surface area contributed by atoms with Crippen molar-refractivity contribution in [2.24, 2.45) is 11.8 Å².